The second-order valence-electron chi connectivity index (χ2n) is 9.28. The summed E-state index contributed by atoms with van der Waals surface area (Å²) in [6, 6.07) is 24.2. The zero-order valence-electron chi connectivity index (χ0n) is 20.5. The Bertz CT molecular complexity index is 1490. The molecule has 3 aliphatic rings. The van der Waals surface area contributed by atoms with Crippen LogP contribution in [-0.4, -0.2) is 42.2 Å². The number of amidine groups is 1. The molecule has 0 fully saturated rings. The topological polar surface area (TPSA) is 28.1 Å². The third-order valence-electron chi connectivity index (χ3n) is 6.85. The summed E-state index contributed by atoms with van der Waals surface area (Å²) in [5.74, 6) is 0.832. The van der Waals surface area contributed by atoms with Crippen molar-refractivity contribution in [1.82, 2.24) is 9.80 Å². The minimum atomic E-state index is -0.0862. The number of nitrogens with zero attached hydrogens (tertiary/aromatic N) is 3. The molecule has 0 saturated carbocycles. The van der Waals surface area contributed by atoms with Crippen LogP contribution < -0.4 is 4.74 Å². The number of aliphatic imine (C=N–C) groups is 1. The summed E-state index contributed by atoms with van der Waals surface area (Å²) in [7, 11) is 3.83. The third-order valence-corrected chi connectivity index (χ3v) is 8.38. The number of fused-ring (bicyclic) bond motifs is 1. The summed E-state index contributed by atoms with van der Waals surface area (Å²) >= 11 is 15.0. The number of benzene rings is 3. The summed E-state index contributed by atoms with van der Waals surface area (Å²) in [5, 5.41) is 4.61. The first-order valence-electron chi connectivity index (χ1n) is 12.0. The molecule has 0 saturated heterocycles. The van der Waals surface area contributed by atoms with Crippen LogP contribution in [0.5, 0.6) is 5.75 Å². The van der Waals surface area contributed by atoms with Crippen LogP contribution in [0.3, 0.4) is 0 Å². The van der Waals surface area contributed by atoms with Crippen LogP contribution in [0.2, 0.25) is 10.0 Å². The molecule has 186 valence electrons. The summed E-state index contributed by atoms with van der Waals surface area (Å²) in [6.07, 6.45) is 2.17. The van der Waals surface area contributed by atoms with Crippen LogP contribution in [0.1, 0.15) is 22.7 Å². The number of thioether (sulfide) groups is 1. The molecular formula is C30H25Cl2N3OS. The number of ether oxygens (including phenoxy) is 1. The molecule has 4 nitrogen and oxygen atoms in total. The fraction of sp³-hybridized carbons (Fsp3) is 0.167. The minimum absolute atomic E-state index is 0.0862. The average Bonchev–Trinajstić information content (AvgIpc) is 3.33. The van der Waals surface area contributed by atoms with Gasteiger partial charge in [-0.2, -0.15) is 0 Å². The first-order chi connectivity index (χ1) is 18.0. The van der Waals surface area contributed by atoms with Gasteiger partial charge >= 0.3 is 0 Å². The fourth-order valence-corrected chi connectivity index (χ4v) is 6.50. The van der Waals surface area contributed by atoms with Crippen molar-refractivity contribution in [3.05, 3.63) is 122 Å². The fourth-order valence-electron chi connectivity index (χ4n) is 5.15. The number of likely N-dealkylation sites (N-methyl/N-ethyl adjacent to an activating group) is 1. The van der Waals surface area contributed by atoms with Gasteiger partial charge in [-0.05, 0) is 77.4 Å². The lowest BCUT2D eigenvalue weighted by Gasteiger charge is -2.42. The first-order valence-corrected chi connectivity index (χ1v) is 13.7. The van der Waals surface area contributed by atoms with Crippen LogP contribution >= 0.6 is 35.0 Å². The van der Waals surface area contributed by atoms with E-state index in [9.17, 15) is 0 Å². The van der Waals surface area contributed by atoms with Gasteiger partial charge in [-0.25, -0.2) is 4.99 Å². The van der Waals surface area contributed by atoms with Crippen molar-refractivity contribution in [2.45, 2.75) is 6.04 Å². The van der Waals surface area contributed by atoms with Crippen molar-refractivity contribution >= 4 is 51.9 Å². The SMILES string of the molecule is COc1ccc(C2=CSC3=NC4=C(CN(C)C/C4=C\c4ccccc4Cl)C(c4ccccc4Cl)N23)cc1. The molecule has 3 aliphatic heterocycles. The van der Waals surface area contributed by atoms with Crippen LogP contribution in [0.25, 0.3) is 11.8 Å². The first kappa shape index (κ1) is 24.4. The van der Waals surface area contributed by atoms with E-state index in [2.05, 4.69) is 52.6 Å². The van der Waals surface area contributed by atoms with E-state index >= 15 is 0 Å². The van der Waals surface area contributed by atoms with Crippen molar-refractivity contribution in [1.29, 1.82) is 0 Å². The van der Waals surface area contributed by atoms with Gasteiger partial charge < -0.3 is 9.64 Å². The molecule has 0 spiro atoms. The molecule has 0 radical (unpaired) electrons. The third kappa shape index (κ3) is 4.51. The lowest BCUT2D eigenvalue weighted by molar-refractivity contribution is 0.344. The quantitative estimate of drug-likeness (QED) is 0.335. The van der Waals surface area contributed by atoms with Crippen LogP contribution in [0.4, 0.5) is 0 Å². The van der Waals surface area contributed by atoms with E-state index in [4.69, 9.17) is 32.9 Å². The number of hydrogen-bond donors (Lipinski definition) is 0. The van der Waals surface area contributed by atoms with Gasteiger partial charge in [0, 0.05) is 28.5 Å². The van der Waals surface area contributed by atoms with Gasteiger partial charge in [0.25, 0.3) is 0 Å². The highest BCUT2D eigenvalue weighted by molar-refractivity contribution is 8.16. The van der Waals surface area contributed by atoms with Crippen molar-refractivity contribution in [3.8, 4) is 5.75 Å². The van der Waals surface area contributed by atoms with Crippen molar-refractivity contribution in [2.75, 3.05) is 27.2 Å². The van der Waals surface area contributed by atoms with Crippen molar-refractivity contribution in [3.63, 3.8) is 0 Å². The maximum atomic E-state index is 6.86. The molecule has 3 heterocycles. The van der Waals surface area contributed by atoms with E-state index in [-0.39, 0.29) is 6.04 Å². The van der Waals surface area contributed by atoms with Crippen LogP contribution in [-0.2, 0) is 0 Å². The molecule has 0 aliphatic carbocycles. The summed E-state index contributed by atoms with van der Waals surface area (Å²) in [4.78, 5) is 9.91. The van der Waals surface area contributed by atoms with Gasteiger partial charge in [-0.1, -0.05) is 71.4 Å². The van der Waals surface area contributed by atoms with Gasteiger partial charge in [0.05, 0.1) is 24.5 Å². The highest BCUT2D eigenvalue weighted by atomic mass is 35.5. The molecule has 37 heavy (non-hydrogen) atoms. The molecule has 3 aromatic carbocycles. The Morgan fingerprint density at radius 2 is 1.68 bits per heavy atom. The highest BCUT2D eigenvalue weighted by Crippen LogP contribution is 2.50. The molecule has 0 aromatic heterocycles. The monoisotopic (exact) mass is 545 g/mol. The molecule has 1 unspecified atom stereocenters. The van der Waals surface area contributed by atoms with Crippen LogP contribution in [0, 0.1) is 0 Å². The zero-order chi connectivity index (χ0) is 25.5. The molecule has 0 amide bonds. The molecule has 3 aromatic rings. The standard InChI is InChI=1S/C30H25Cl2N3OS/c1-34-16-21(15-20-7-3-5-9-25(20)31)28-24(17-34)29(23-8-4-6-10-26(23)32)35-27(18-37-30(35)33-28)19-11-13-22(36-2)14-12-19/h3-15,18,29H,16-17H2,1-2H3/b21-15+. The van der Waals surface area contributed by atoms with Crippen molar-refractivity contribution < 1.29 is 4.74 Å². The number of hydrogen-bond acceptors (Lipinski definition) is 5. The van der Waals surface area contributed by atoms with E-state index in [0.29, 0.717) is 0 Å². The lowest BCUT2D eigenvalue weighted by Crippen LogP contribution is -2.40. The van der Waals surface area contributed by atoms with Gasteiger partial charge in [0.15, 0.2) is 5.17 Å². The van der Waals surface area contributed by atoms with Gasteiger partial charge in [0.2, 0.25) is 0 Å². The Morgan fingerprint density at radius 3 is 2.41 bits per heavy atom. The van der Waals surface area contributed by atoms with Crippen molar-refractivity contribution in [2.24, 2.45) is 4.99 Å². The second-order valence-corrected chi connectivity index (χ2v) is 10.9. The van der Waals surface area contributed by atoms with E-state index in [1.54, 1.807) is 18.9 Å². The number of halogens is 2. The average molecular weight is 547 g/mol. The Morgan fingerprint density at radius 1 is 0.946 bits per heavy atom. The predicted molar refractivity (Wildman–Crippen MR) is 156 cm³/mol. The number of methoxy groups -OCH3 is 1. The van der Waals surface area contributed by atoms with E-state index < -0.39 is 0 Å². The number of rotatable bonds is 4. The molecule has 0 N–H and O–H groups in total. The second kappa shape index (κ2) is 10.1. The van der Waals surface area contributed by atoms with Gasteiger partial charge in [-0.3, -0.25) is 4.90 Å². The van der Waals surface area contributed by atoms with Gasteiger partial charge in [-0.15, -0.1) is 0 Å². The summed E-state index contributed by atoms with van der Waals surface area (Å²) < 4.78 is 5.39. The predicted octanol–water partition coefficient (Wildman–Crippen LogP) is 7.74. The zero-order valence-corrected chi connectivity index (χ0v) is 22.8. The minimum Gasteiger partial charge on any atom is -0.497 e. The molecule has 1 atom stereocenters. The molecule has 0 bridgehead atoms. The lowest BCUT2D eigenvalue weighted by atomic mass is 9.88. The maximum Gasteiger partial charge on any atom is 0.174 e. The van der Waals surface area contributed by atoms with Crippen LogP contribution in [0.15, 0.2) is 100 Å². The largest absolute Gasteiger partial charge is 0.497 e. The molecule has 6 rings (SSSR count). The molecule has 7 heteroatoms. The van der Waals surface area contributed by atoms with E-state index in [1.165, 1.54) is 5.57 Å². The Labute approximate surface area is 231 Å². The Balaban J connectivity index is 1.52. The Hall–Kier alpha value is -2.96. The van der Waals surface area contributed by atoms with Gasteiger partial charge in [0.1, 0.15) is 5.75 Å². The summed E-state index contributed by atoms with van der Waals surface area (Å²) in [6.45, 7) is 1.58. The normalized spacial score (nSPS) is 20.5. The summed E-state index contributed by atoms with van der Waals surface area (Å²) in [5.41, 5.74) is 7.69. The highest BCUT2D eigenvalue weighted by Gasteiger charge is 2.41. The van der Waals surface area contributed by atoms with E-state index in [0.717, 1.165) is 67.7 Å². The smallest absolute Gasteiger partial charge is 0.174 e. The maximum absolute atomic E-state index is 6.86. The van der Waals surface area contributed by atoms with E-state index in [1.807, 2.05) is 48.5 Å². The molecular weight excluding hydrogens is 521 g/mol. The Kier molecular flexibility index (Phi) is 6.63.